The van der Waals surface area contributed by atoms with Crippen LogP contribution in [0.1, 0.15) is 33.3 Å². The van der Waals surface area contributed by atoms with E-state index in [1.807, 2.05) is 6.92 Å². The fraction of sp³-hybridized carbons (Fsp3) is 0.214. The summed E-state index contributed by atoms with van der Waals surface area (Å²) in [7, 11) is 1.76. The van der Waals surface area contributed by atoms with Crippen molar-refractivity contribution in [3.05, 3.63) is 41.2 Å². The second-order valence-electron chi connectivity index (χ2n) is 4.70. The Morgan fingerprint density at radius 3 is 2.65 bits per heavy atom. The molecule has 0 saturated carbocycles. The molecule has 1 aromatic heterocycles. The first-order valence-electron chi connectivity index (χ1n) is 6.34. The summed E-state index contributed by atoms with van der Waals surface area (Å²) < 4.78 is 1.60. The van der Waals surface area contributed by atoms with Crippen molar-refractivity contribution in [1.29, 1.82) is 0 Å². The Morgan fingerprint density at radius 2 is 2.00 bits per heavy atom. The summed E-state index contributed by atoms with van der Waals surface area (Å²) in [6, 6.07) is 4.91. The molecule has 0 radical (unpaired) electrons. The molecule has 2 aromatic rings. The van der Waals surface area contributed by atoms with Gasteiger partial charge in [0.1, 0.15) is 0 Å². The van der Waals surface area contributed by atoms with Gasteiger partial charge in [0.15, 0.2) is 0 Å². The number of benzene rings is 1. The van der Waals surface area contributed by atoms with Gasteiger partial charge in [0.2, 0.25) is 0 Å². The van der Waals surface area contributed by atoms with E-state index >= 15 is 0 Å². The molecule has 0 bridgehead atoms. The number of carbonyl (C=O) groups excluding carboxylic acids is 2. The van der Waals surface area contributed by atoms with Crippen LogP contribution < -0.4 is 10.6 Å². The predicted octanol–water partition coefficient (Wildman–Crippen LogP) is 1.37. The summed E-state index contributed by atoms with van der Waals surface area (Å²) in [5.74, 6) is -0.731. The number of nitrogens with zero attached hydrogens (tertiary/aromatic N) is 3. The SMILES string of the molecule is CCc1nn(C)cc1N1C(=O)c2cccc(N)c2C1=O. The first-order chi connectivity index (χ1) is 9.54. The Kier molecular flexibility index (Phi) is 2.60. The Labute approximate surface area is 115 Å². The van der Waals surface area contributed by atoms with Crippen molar-refractivity contribution >= 4 is 23.2 Å². The van der Waals surface area contributed by atoms with Crippen LogP contribution in [-0.4, -0.2) is 21.6 Å². The van der Waals surface area contributed by atoms with Gasteiger partial charge in [-0.3, -0.25) is 14.3 Å². The van der Waals surface area contributed by atoms with Gasteiger partial charge < -0.3 is 5.73 Å². The van der Waals surface area contributed by atoms with Crippen LogP contribution >= 0.6 is 0 Å². The monoisotopic (exact) mass is 270 g/mol. The third kappa shape index (κ3) is 1.54. The molecule has 0 spiro atoms. The number of imide groups is 1. The summed E-state index contributed by atoms with van der Waals surface area (Å²) in [6.07, 6.45) is 2.32. The quantitative estimate of drug-likeness (QED) is 0.660. The van der Waals surface area contributed by atoms with Crippen LogP contribution in [0.5, 0.6) is 0 Å². The van der Waals surface area contributed by atoms with Crippen molar-refractivity contribution in [1.82, 2.24) is 9.78 Å². The van der Waals surface area contributed by atoms with Crippen molar-refractivity contribution in [3.63, 3.8) is 0 Å². The van der Waals surface area contributed by atoms with E-state index in [0.717, 1.165) is 4.90 Å². The zero-order valence-electron chi connectivity index (χ0n) is 11.3. The average Bonchev–Trinajstić information content (AvgIpc) is 2.89. The lowest BCUT2D eigenvalue weighted by Crippen LogP contribution is -2.30. The number of nitrogen functional groups attached to an aromatic ring is 1. The maximum Gasteiger partial charge on any atom is 0.268 e. The Morgan fingerprint density at radius 1 is 1.25 bits per heavy atom. The van der Waals surface area contributed by atoms with Gasteiger partial charge in [0.05, 0.1) is 22.5 Å². The highest BCUT2D eigenvalue weighted by Crippen LogP contribution is 2.33. The molecule has 3 rings (SSSR count). The topological polar surface area (TPSA) is 81.2 Å². The minimum Gasteiger partial charge on any atom is -0.398 e. The largest absolute Gasteiger partial charge is 0.398 e. The van der Waals surface area contributed by atoms with Gasteiger partial charge in [-0.15, -0.1) is 0 Å². The molecule has 1 aliphatic heterocycles. The summed E-state index contributed by atoms with van der Waals surface area (Å²) in [5.41, 5.74) is 8.01. The lowest BCUT2D eigenvalue weighted by atomic mass is 10.1. The van der Waals surface area contributed by atoms with Crippen LogP contribution in [-0.2, 0) is 13.5 Å². The van der Waals surface area contributed by atoms with Crippen LogP contribution in [0.2, 0.25) is 0 Å². The van der Waals surface area contributed by atoms with E-state index in [9.17, 15) is 9.59 Å². The predicted molar refractivity (Wildman–Crippen MR) is 74.6 cm³/mol. The Bertz CT molecular complexity index is 733. The number of amides is 2. The molecular weight excluding hydrogens is 256 g/mol. The van der Waals surface area contributed by atoms with E-state index in [2.05, 4.69) is 5.10 Å². The van der Waals surface area contributed by atoms with Crippen molar-refractivity contribution in [2.75, 3.05) is 10.6 Å². The second-order valence-corrected chi connectivity index (χ2v) is 4.70. The summed E-state index contributed by atoms with van der Waals surface area (Å²) in [6.45, 7) is 1.93. The Hall–Kier alpha value is -2.63. The number of fused-ring (bicyclic) bond motifs is 1. The van der Waals surface area contributed by atoms with Crippen LogP contribution in [0.4, 0.5) is 11.4 Å². The van der Waals surface area contributed by atoms with Gasteiger partial charge in [-0.05, 0) is 18.6 Å². The zero-order valence-corrected chi connectivity index (χ0v) is 11.3. The number of anilines is 2. The van der Waals surface area contributed by atoms with Crippen LogP contribution in [0.25, 0.3) is 0 Å². The standard InChI is InChI=1S/C14H14N4O2/c1-3-10-11(7-17(2)16-10)18-13(19)8-5-4-6-9(15)12(8)14(18)20/h4-7H,3,15H2,1-2H3. The van der Waals surface area contributed by atoms with Crippen LogP contribution in [0, 0.1) is 0 Å². The molecule has 2 amide bonds. The van der Waals surface area contributed by atoms with Gasteiger partial charge in [-0.25, -0.2) is 4.90 Å². The molecule has 2 N–H and O–H groups in total. The maximum absolute atomic E-state index is 12.5. The third-order valence-electron chi connectivity index (χ3n) is 3.41. The molecule has 0 aliphatic carbocycles. The second kappa shape index (κ2) is 4.19. The molecule has 0 fully saturated rings. The Balaban J connectivity index is 2.17. The normalized spacial score (nSPS) is 14.0. The first kappa shape index (κ1) is 12.4. The van der Waals surface area contributed by atoms with Crippen molar-refractivity contribution in [2.24, 2.45) is 7.05 Å². The molecule has 6 nitrogen and oxygen atoms in total. The van der Waals surface area contributed by atoms with E-state index in [4.69, 9.17) is 5.73 Å². The summed E-state index contributed by atoms with van der Waals surface area (Å²) >= 11 is 0. The number of rotatable bonds is 2. The van der Waals surface area contributed by atoms with Gasteiger partial charge >= 0.3 is 0 Å². The zero-order chi connectivity index (χ0) is 14.4. The van der Waals surface area contributed by atoms with E-state index < -0.39 is 0 Å². The minimum absolute atomic E-state index is 0.281. The number of aromatic nitrogens is 2. The molecule has 0 unspecified atom stereocenters. The highest BCUT2D eigenvalue weighted by atomic mass is 16.2. The number of nitrogens with two attached hydrogens (primary N) is 1. The van der Waals surface area contributed by atoms with Gasteiger partial charge in [-0.2, -0.15) is 5.10 Å². The number of hydrogen-bond donors (Lipinski definition) is 1. The molecule has 102 valence electrons. The lowest BCUT2D eigenvalue weighted by Gasteiger charge is -2.12. The van der Waals surface area contributed by atoms with Crippen molar-refractivity contribution in [3.8, 4) is 0 Å². The van der Waals surface area contributed by atoms with Crippen LogP contribution in [0.3, 0.4) is 0 Å². The molecular formula is C14H14N4O2. The lowest BCUT2D eigenvalue weighted by molar-refractivity contribution is 0.0926. The molecule has 1 aliphatic rings. The number of aryl methyl sites for hydroxylation is 2. The van der Waals surface area contributed by atoms with E-state index in [0.29, 0.717) is 29.1 Å². The summed E-state index contributed by atoms with van der Waals surface area (Å²) in [4.78, 5) is 26.1. The molecule has 0 saturated heterocycles. The van der Waals surface area contributed by atoms with E-state index in [1.54, 1.807) is 36.1 Å². The highest BCUT2D eigenvalue weighted by Gasteiger charge is 2.39. The number of hydrogen-bond acceptors (Lipinski definition) is 4. The fourth-order valence-corrected chi connectivity index (χ4v) is 2.49. The fourth-order valence-electron chi connectivity index (χ4n) is 2.49. The van der Waals surface area contributed by atoms with Crippen molar-refractivity contribution in [2.45, 2.75) is 13.3 Å². The van der Waals surface area contributed by atoms with Gasteiger partial charge in [0.25, 0.3) is 11.8 Å². The molecule has 2 heterocycles. The first-order valence-corrected chi connectivity index (χ1v) is 6.34. The maximum atomic E-state index is 12.5. The molecule has 6 heteroatoms. The van der Waals surface area contributed by atoms with Crippen molar-refractivity contribution < 1.29 is 9.59 Å². The average molecular weight is 270 g/mol. The third-order valence-corrected chi connectivity index (χ3v) is 3.41. The van der Waals surface area contributed by atoms with Gasteiger partial charge in [0, 0.05) is 18.9 Å². The number of carbonyl (C=O) groups is 2. The molecule has 1 aromatic carbocycles. The van der Waals surface area contributed by atoms with Crippen LogP contribution in [0.15, 0.2) is 24.4 Å². The smallest absolute Gasteiger partial charge is 0.268 e. The van der Waals surface area contributed by atoms with E-state index in [1.165, 1.54) is 0 Å². The van der Waals surface area contributed by atoms with Gasteiger partial charge in [-0.1, -0.05) is 13.0 Å². The molecule has 20 heavy (non-hydrogen) atoms. The van der Waals surface area contributed by atoms with E-state index in [-0.39, 0.29) is 17.4 Å². The highest BCUT2D eigenvalue weighted by molar-refractivity contribution is 6.36. The summed E-state index contributed by atoms with van der Waals surface area (Å²) in [5, 5.41) is 4.27. The minimum atomic E-state index is -0.384. The molecule has 0 atom stereocenters.